The number of piperidine rings is 2. The number of hydrogen-bond donors (Lipinski definition) is 0. The van der Waals surface area contributed by atoms with E-state index < -0.39 is 0 Å². The van der Waals surface area contributed by atoms with E-state index in [0.717, 1.165) is 54.1 Å². The molecular weight excluding hydrogens is 422 g/mol. The van der Waals surface area contributed by atoms with Crippen molar-refractivity contribution in [1.29, 1.82) is 0 Å². The maximum absolute atomic E-state index is 11.8. The van der Waals surface area contributed by atoms with Gasteiger partial charge >= 0.3 is 0 Å². The van der Waals surface area contributed by atoms with E-state index in [1.165, 1.54) is 24.3 Å². The smallest absolute Gasteiger partial charge is 0.251 e. The molecule has 2 aromatic rings. The second-order valence-corrected chi connectivity index (χ2v) is 10.8. The maximum atomic E-state index is 11.8. The predicted octanol–water partition coefficient (Wildman–Crippen LogP) is 4.06. The molecular formula is C28H43N5O. The maximum Gasteiger partial charge on any atom is 0.251 e. The number of nitrogens with zero attached hydrogens (tertiary/aromatic N) is 5. The lowest BCUT2D eigenvalue weighted by atomic mass is 10.1. The first kappa shape index (κ1) is 25.1. The van der Waals surface area contributed by atoms with E-state index >= 15 is 0 Å². The monoisotopic (exact) mass is 465 g/mol. The molecule has 4 heterocycles. The standard InChI is InChI=1S/C14H21N3.C12H16N2O.C2H6/c1-8(2)17-6-12-13(7-17)14(12)11-5-15-10(4)16-9(11)3;1-8-3-4-14(11(15)5-8)12-9-6-13(2)7-10(9)12;1-2/h5,8,12-14H,6-7H2,1-4H3;3-5,9-10,12H,6-7H2,1-2H3;1-2H3. The average molecular weight is 466 g/mol. The van der Waals surface area contributed by atoms with E-state index in [0.29, 0.717) is 12.1 Å². The summed E-state index contributed by atoms with van der Waals surface area (Å²) in [6.45, 7) is 19.5. The molecule has 2 aliphatic carbocycles. The van der Waals surface area contributed by atoms with Gasteiger partial charge in [-0.25, -0.2) is 9.97 Å². The second kappa shape index (κ2) is 9.90. The minimum Gasteiger partial charge on any atom is -0.312 e. The van der Waals surface area contributed by atoms with Crippen molar-refractivity contribution >= 4 is 0 Å². The van der Waals surface area contributed by atoms with Gasteiger partial charge < -0.3 is 14.4 Å². The SMILES string of the molecule is CC.Cc1ccn(C2C3CN(C)CC32)c(=O)c1.Cc1ncc(C2C3CN(C(C)C)CC32)c(C)n1. The summed E-state index contributed by atoms with van der Waals surface area (Å²) in [7, 11) is 2.15. The summed E-state index contributed by atoms with van der Waals surface area (Å²) in [5, 5.41) is 0. The molecule has 2 saturated heterocycles. The van der Waals surface area contributed by atoms with Gasteiger partial charge in [0.25, 0.3) is 5.56 Å². The summed E-state index contributed by atoms with van der Waals surface area (Å²) in [5.74, 6) is 4.79. The van der Waals surface area contributed by atoms with Crippen LogP contribution in [0.5, 0.6) is 0 Å². The molecule has 4 unspecified atom stereocenters. The van der Waals surface area contributed by atoms with Crippen LogP contribution in [0.15, 0.2) is 29.3 Å². The van der Waals surface area contributed by atoms with Crippen LogP contribution < -0.4 is 5.56 Å². The summed E-state index contributed by atoms with van der Waals surface area (Å²) in [5.41, 5.74) is 3.80. The lowest BCUT2D eigenvalue weighted by molar-refractivity contribution is 0.243. The Hall–Kier alpha value is -2.05. The Bertz CT molecular complexity index is 1040. The van der Waals surface area contributed by atoms with Crippen molar-refractivity contribution in [2.45, 2.75) is 66.5 Å². The lowest BCUT2D eigenvalue weighted by Crippen LogP contribution is -2.31. The molecule has 0 bridgehead atoms. The molecule has 6 heteroatoms. The van der Waals surface area contributed by atoms with Gasteiger partial charge in [-0.05, 0) is 88.4 Å². The minimum atomic E-state index is 0.164. The Kier molecular flexibility index (Phi) is 7.30. The van der Waals surface area contributed by atoms with Crippen LogP contribution in [0.25, 0.3) is 0 Å². The molecule has 2 aromatic heterocycles. The molecule has 4 aliphatic rings. The van der Waals surface area contributed by atoms with Crippen LogP contribution in [0, 0.1) is 44.4 Å². The minimum absolute atomic E-state index is 0.164. The molecule has 0 spiro atoms. The summed E-state index contributed by atoms with van der Waals surface area (Å²) in [4.78, 5) is 25.6. The molecule has 0 amide bonds. The zero-order chi connectivity index (χ0) is 24.7. The topological polar surface area (TPSA) is 54.3 Å². The lowest BCUT2D eigenvalue weighted by Gasteiger charge is -2.23. The van der Waals surface area contributed by atoms with E-state index in [1.54, 1.807) is 6.07 Å². The van der Waals surface area contributed by atoms with Crippen molar-refractivity contribution in [2.75, 3.05) is 33.2 Å². The van der Waals surface area contributed by atoms with Crippen LogP contribution in [0.4, 0.5) is 0 Å². The molecule has 0 aromatic carbocycles. The largest absolute Gasteiger partial charge is 0.312 e. The van der Waals surface area contributed by atoms with Crippen LogP contribution in [0.1, 0.15) is 62.3 Å². The van der Waals surface area contributed by atoms with E-state index in [9.17, 15) is 4.79 Å². The van der Waals surface area contributed by atoms with Crippen LogP contribution in [-0.4, -0.2) is 63.6 Å². The van der Waals surface area contributed by atoms with Crippen molar-refractivity contribution in [1.82, 2.24) is 24.3 Å². The molecule has 2 aliphatic heterocycles. The molecule has 0 radical (unpaired) electrons. The fraction of sp³-hybridized carbons (Fsp3) is 0.679. The molecule has 186 valence electrons. The van der Waals surface area contributed by atoms with Gasteiger partial charge in [0.1, 0.15) is 5.82 Å². The first-order valence-corrected chi connectivity index (χ1v) is 13.2. The van der Waals surface area contributed by atoms with Crippen LogP contribution in [0.2, 0.25) is 0 Å². The number of likely N-dealkylation sites (tertiary alicyclic amines) is 2. The fourth-order valence-corrected chi connectivity index (χ4v) is 6.32. The van der Waals surface area contributed by atoms with Gasteiger partial charge in [0.2, 0.25) is 0 Å². The van der Waals surface area contributed by atoms with E-state index in [1.807, 2.05) is 44.5 Å². The number of hydrogen-bond acceptors (Lipinski definition) is 5. The molecule has 6 rings (SSSR count). The molecule has 4 atom stereocenters. The normalized spacial score (nSPS) is 31.2. The summed E-state index contributed by atoms with van der Waals surface area (Å²) in [6.07, 6.45) is 4.01. The number of aromatic nitrogens is 3. The van der Waals surface area contributed by atoms with Gasteiger partial charge in [0, 0.05) is 62.4 Å². The van der Waals surface area contributed by atoms with Crippen LogP contribution in [-0.2, 0) is 0 Å². The Morgan fingerprint density at radius 1 is 0.971 bits per heavy atom. The molecule has 2 saturated carbocycles. The highest BCUT2D eigenvalue weighted by atomic mass is 16.1. The van der Waals surface area contributed by atoms with Crippen molar-refractivity contribution in [2.24, 2.45) is 23.7 Å². The van der Waals surface area contributed by atoms with E-state index in [2.05, 4.69) is 53.8 Å². The van der Waals surface area contributed by atoms with Crippen molar-refractivity contribution < 1.29 is 0 Å². The Morgan fingerprint density at radius 3 is 2.12 bits per heavy atom. The van der Waals surface area contributed by atoms with E-state index in [-0.39, 0.29) is 5.56 Å². The van der Waals surface area contributed by atoms with Crippen molar-refractivity contribution in [3.05, 3.63) is 57.5 Å². The van der Waals surface area contributed by atoms with E-state index in [4.69, 9.17) is 0 Å². The Balaban J connectivity index is 0.000000151. The summed E-state index contributed by atoms with van der Waals surface area (Å²) >= 11 is 0. The van der Waals surface area contributed by atoms with Crippen LogP contribution >= 0.6 is 0 Å². The van der Waals surface area contributed by atoms with Gasteiger partial charge in [-0.1, -0.05) is 13.8 Å². The van der Waals surface area contributed by atoms with Crippen molar-refractivity contribution in [3.63, 3.8) is 0 Å². The summed E-state index contributed by atoms with van der Waals surface area (Å²) in [6, 6.07) is 4.94. The van der Waals surface area contributed by atoms with Gasteiger partial charge in [0.05, 0.1) is 0 Å². The molecule has 4 fully saturated rings. The first-order valence-electron chi connectivity index (χ1n) is 13.2. The third-order valence-electron chi connectivity index (χ3n) is 8.21. The molecule has 34 heavy (non-hydrogen) atoms. The third kappa shape index (κ3) is 4.85. The summed E-state index contributed by atoms with van der Waals surface area (Å²) < 4.78 is 1.93. The predicted molar refractivity (Wildman–Crippen MR) is 138 cm³/mol. The highest BCUT2D eigenvalue weighted by Gasteiger charge is 2.57. The van der Waals surface area contributed by atoms with Gasteiger partial charge in [-0.2, -0.15) is 0 Å². The van der Waals surface area contributed by atoms with Crippen LogP contribution in [0.3, 0.4) is 0 Å². The Labute approximate surface area is 205 Å². The zero-order valence-corrected chi connectivity index (χ0v) is 22.3. The number of pyridine rings is 1. The number of aryl methyl sites for hydroxylation is 3. The number of rotatable bonds is 3. The Morgan fingerprint density at radius 2 is 1.59 bits per heavy atom. The highest BCUT2D eigenvalue weighted by molar-refractivity contribution is 5.32. The quantitative estimate of drug-likeness (QED) is 0.684. The van der Waals surface area contributed by atoms with Crippen molar-refractivity contribution in [3.8, 4) is 0 Å². The molecule has 6 nitrogen and oxygen atoms in total. The zero-order valence-electron chi connectivity index (χ0n) is 22.3. The fourth-order valence-electron chi connectivity index (χ4n) is 6.32. The van der Waals surface area contributed by atoms with Gasteiger partial charge in [-0.3, -0.25) is 4.79 Å². The second-order valence-electron chi connectivity index (χ2n) is 10.8. The third-order valence-corrected chi connectivity index (χ3v) is 8.21. The first-order chi connectivity index (χ1) is 16.2. The van der Waals surface area contributed by atoms with Gasteiger partial charge in [0.15, 0.2) is 0 Å². The molecule has 0 N–H and O–H groups in total. The number of fused-ring (bicyclic) bond motifs is 2. The highest BCUT2D eigenvalue weighted by Crippen LogP contribution is 2.58. The van der Waals surface area contributed by atoms with Gasteiger partial charge in [-0.15, -0.1) is 0 Å². The average Bonchev–Trinajstić information content (AvgIpc) is 3.48.